The molecule has 0 saturated heterocycles. The van der Waals surface area contributed by atoms with Gasteiger partial charge < -0.3 is 14.8 Å². The molecular formula is C12H25NO2. The third kappa shape index (κ3) is 5.50. The quantitative estimate of drug-likeness (QED) is 0.626. The highest BCUT2D eigenvalue weighted by Crippen LogP contribution is 2.22. The molecule has 0 atom stereocenters. The van der Waals surface area contributed by atoms with Gasteiger partial charge in [0.15, 0.2) is 0 Å². The summed E-state index contributed by atoms with van der Waals surface area (Å²) in [4.78, 5) is 0. The minimum absolute atomic E-state index is 0.500. The fourth-order valence-corrected chi connectivity index (χ4v) is 1.72. The van der Waals surface area contributed by atoms with Crippen LogP contribution < -0.4 is 5.32 Å². The van der Waals surface area contributed by atoms with E-state index in [0.717, 1.165) is 26.2 Å². The van der Waals surface area contributed by atoms with Crippen LogP contribution in [0.2, 0.25) is 0 Å². The van der Waals surface area contributed by atoms with E-state index in [9.17, 15) is 0 Å². The normalized spacial score (nSPS) is 25.6. The number of hydrogen-bond acceptors (Lipinski definition) is 3. The van der Waals surface area contributed by atoms with Gasteiger partial charge in [0.1, 0.15) is 0 Å². The van der Waals surface area contributed by atoms with Gasteiger partial charge in [-0.15, -0.1) is 0 Å². The molecule has 1 aliphatic rings. The summed E-state index contributed by atoms with van der Waals surface area (Å²) in [5, 5.41) is 3.51. The minimum atomic E-state index is 0.500. The maximum absolute atomic E-state index is 5.51. The van der Waals surface area contributed by atoms with Crippen LogP contribution >= 0.6 is 0 Å². The highest BCUT2D eigenvalue weighted by Gasteiger charge is 2.27. The van der Waals surface area contributed by atoms with Crippen molar-refractivity contribution in [3.63, 3.8) is 0 Å². The van der Waals surface area contributed by atoms with Crippen molar-refractivity contribution >= 4 is 0 Å². The third-order valence-electron chi connectivity index (χ3n) is 2.78. The first-order valence-corrected chi connectivity index (χ1v) is 6.06. The fourth-order valence-electron chi connectivity index (χ4n) is 1.72. The number of methoxy groups -OCH3 is 1. The molecular weight excluding hydrogens is 190 g/mol. The Balaban J connectivity index is 1.78. The summed E-state index contributed by atoms with van der Waals surface area (Å²) >= 11 is 0. The molecule has 15 heavy (non-hydrogen) atoms. The smallest absolute Gasteiger partial charge is 0.0601 e. The molecule has 0 aliphatic heterocycles. The van der Waals surface area contributed by atoms with Crippen LogP contribution in [0.5, 0.6) is 0 Å². The summed E-state index contributed by atoms with van der Waals surface area (Å²) in [5.41, 5.74) is 0. The summed E-state index contributed by atoms with van der Waals surface area (Å²) in [6.45, 7) is 7.19. The van der Waals surface area contributed by atoms with Crippen molar-refractivity contribution in [2.75, 3.05) is 26.9 Å². The first-order valence-electron chi connectivity index (χ1n) is 6.06. The maximum atomic E-state index is 5.51. The van der Waals surface area contributed by atoms with Gasteiger partial charge in [-0.1, -0.05) is 13.8 Å². The van der Waals surface area contributed by atoms with Crippen LogP contribution in [0.3, 0.4) is 0 Å². The van der Waals surface area contributed by atoms with E-state index in [-0.39, 0.29) is 0 Å². The summed E-state index contributed by atoms with van der Waals surface area (Å²) in [5.74, 6) is 0.645. The average molecular weight is 215 g/mol. The molecule has 0 aromatic heterocycles. The van der Waals surface area contributed by atoms with Crippen molar-refractivity contribution in [1.29, 1.82) is 0 Å². The molecule has 1 saturated carbocycles. The van der Waals surface area contributed by atoms with Crippen molar-refractivity contribution in [1.82, 2.24) is 5.32 Å². The number of nitrogens with one attached hydrogen (secondary N) is 1. The van der Waals surface area contributed by atoms with Crippen molar-refractivity contribution in [3.8, 4) is 0 Å². The third-order valence-corrected chi connectivity index (χ3v) is 2.78. The zero-order valence-corrected chi connectivity index (χ0v) is 10.3. The second-order valence-corrected chi connectivity index (χ2v) is 4.80. The van der Waals surface area contributed by atoms with Crippen LogP contribution in [0, 0.1) is 5.92 Å². The van der Waals surface area contributed by atoms with Crippen molar-refractivity contribution in [2.24, 2.45) is 5.92 Å². The molecule has 1 aliphatic carbocycles. The van der Waals surface area contributed by atoms with Gasteiger partial charge in [0.2, 0.25) is 0 Å². The minimum Gasteiger partial charge on any atom is -0.381 e. The zero-order chi connectivity index (χ0) is 11.1. The molecule has 3 heteroatoms. The van der Waals surface area contributed by atoms with Crippen LogP contribution in [0.1, 0.15) is 33.1 Å². The summed E-state index contributed by atoms with van der Waals surface area (Å²) in [6.07, 6.45) is 3.95. The summed E-state index contributed by atoms with van der Waals surface area (Å²) in [7, 11) is 1.79. The summed E-state index contributed by atoms with van der Waals surface area (Å²) < 4.78 is 10.7. The molecule has 0 amide bonds. The monoisotopic (exact) mass is 215 g/mol. The van der Waals surface area contributed by atoms with Gasteiger partial charge in [-0.2, -0.15) is 0 Å². The van der Waals surface area contributed by atoms with Gasteiger partial charge in [-0.25, -0.2) is 0 Å². The molecule has 3 nitrogen and oxygen atoms in total. The topological polar surface area (TPSA) is 30.5 Å². The van der Waals surface area contributed by atoms with E-state index in [1.807, 2.05) is 0 Å². The van der Waals surface area contributed by atoms with E-state index in [2.05, 4.69) is 19.2 Å². The highest BCUT2D eigenvalue weighted by molar-refractivity contribution is 4.85. The number of ether oxygens (including phenoxy) is 2. The Bertz CT molecular complexity index is 156. The second kappa shape index (κ2) is 7.20. The van der Waals surface area contributed by atoms with Crippen molar-refractivity contribution in [2.45, 2.75) is 45.3 Å². The van der Waals surface area contributed by atoms with Crippen molar-refractivity contribution in [3.05, 3.63) is 0 Å². The van der Waals surface area contributed by atoms with E-state index >= 15 is 0 Å². The Morgan fingerprint density at radius 2 is 2.07 bits per heavy atom. The lowest BCUT2D eigenvalue weighted by atomic mass is 9.89. The van der Waals surface area contributed by atoms with E-state index in [0.29, 0.717) is 18.1 Å². The Kier molecular flexibility index (Phi) is 6.22. The fraction of sp³-hybridized carbons (Fsp3) is 1.00. The molecule has 1 fully saturated rings. The molecule has 0 heterocycles. The van der Waals surface area contributed by atoms with Gasteiger partial charge in [-0.3, -0.25) is 0 Å². The average Bonchev–Trinajstić information content (AvgIpc) is 2.13. The highest BCUT2D eigenvalue weighted by atomic mass is 16.5. The number of hydrogen-bond donors (Lipinski definition) is 1. The van der Waals surface area contributed by atoms with E-state index in [1.54, 1.807) is 7.11 Å². The molecule has 1 rings (SSSR count). The predicted molar refractivity (Wildman–Crippen MR) is 62.1 cm³/mol. The molecule has 0 aromatic carbocycles. The van der Waals surface area contributed by atoms with Gasteiger partial charge >= 0.3 is 0 Å². The predicted octanol–water partition coefficient (Wildman–Crippen LogP) is 1.82. The van der Waals surface area contributed by atoms with Crippen LogP contribution in [0.15, 0.2) is 0 Å². The first kappa shape index (κ1) is 12.9. The first-order chi connectivity index (χ1) is 7.22. The second-order valence-electron chi connectivity index (χ2n) is 4.80. The van der Waals surface area contributed by atoms with Gasteiger partial charge in [-0.05, 0) is 31.7 Å². The molecule has 90 valence electrons. The van der Waals surface area contributed by atoms with Crippen LogP contribution in [-0.4, -0.2) is 39.0 Å². The van der Waals surface area contributed by atoms with Gasteiger partial charge in [0.05, 0.1) is 6.10 Å². The van der Waals surface area contributed by atoms with Gasteiger partial charge in [0, 0.05) is 26.4 Å². The molecule has 0 bridgehead atoms. The lowest BCUT2D eigenvalue weighted by Crippen LogP contribution is -2.45. The largest absolute Gasteiger partial charge is 0.381 e. The standard InChI is InChI=1S/C12H25NO2/c1-10(2)9-15-6-4-5-13-11-7-12(8-11)14-3/h10-13H,4-9H2,1-3H3. The van der Waals surface area contributed by atoms with Crippen LogP contribution in [-0.2, 0) is 9.47 Å². The Hall–Kier alpha value is -0.120. The lowest BCUT2D eigenvalue weighted by molar-refractivity contribution is 0.0167. The van der Waals surface area contributed by atoms with Crippen molar-refractivity contribution < 1.29 is 9.47 Å². The molecule has 1 N–H and O–H groups in total. The molecule has 0 unspecified atom stereocenters. The number of rotatable bonds is 8. The zero-order valence-electron chi connectivity index (χ0n) is 10.3. The van der Waals surface area contributed by atoms with Crippen LogP contribution in [0.25, 0.3) is 0 Å². The molecule has 0 aromatic rings. The summed E-state index contributed by atoms with van der Waals surface area (Å²) in [6, 6.07) is 0.681. The van der Waals surface area contributed by atoms with Crippen LogP contribution in [0.4, 0.5) is 0 Å². The van der Waals surface area contributed by atoms with E-state index in [1.165, 1.54) is 12.8 Å². The molecule has 0 radical (unpaired) electrons. The van der Waals surface area contributed by atoms with Gasteiger partial charge in [0.25, 0.3) is 0 Å². The Morgan fingerprint density at radius 1 is 1.33 bits per heavy atom. The van der Waals surface area contributed by atoms with E-state index < -0.39 is 0 Å². The Morgan fingerprint density at radius 3 is 2.67 bits per heavy atom. The lowest BCUT2D eigenvalue weighted by Gasteiger charge is -2.34. The van der Waals surface area contributed by atoms with E-state index in [4.69, 9.17) is 9.47 Å². The Labute approximate surface area is 93.5 Å². The SMILES string of the molecule is COC1CC(NCCCOCC(C)C)C1. The maximum Gasteiger partial charge on any atom is 0.0601 e. The molecule has 0 spiro atoms.